The molecule has 3 amide bonds. The van der Waals surface area contributed by atoms with Gasteiger partial charge in [0.1, 0.15) is 11.8 Å². The normalized spacial score (nSPS) is 12.4. The van der Waals surface area contributed by atoms with E-state index in [1.165, 1.54) is 4.90 Å². The van der Waals surface area contributed by atoms with Crippen LogP contribution in [0.1, 0.15) is 71.2 Å². The number of carbonyl (C=O) groups is 3. The van der Waals surface area contributed by atoms with E-state index in [0.717, 1.165) is 0 Å². The van der Waals surface area contributed by atoms with Gasteiger partial charge in [-0.2, -0.15) is 0 Å². The van der Waals surface area contributed by atoms with Crippen LogP contribution in [0, 0.1) is 6.92 Å². The smallest absolute Gasteiger partial charge is 0.247 e. The van der Waals surface area contributed by atoms with Crippen molar-refractivity contribution in [1.29, 1.82) is 0 Å². The molecule has 1 aromatic heterocycles. The Hall–Kier alpha value is -2.87. The number of nitrogens with one attached hydrogen (secondary N) is 2. The number of nitrogens with zero attached hydrogens (tertiary/aromatic N) is 2. The summed E-state index contributed by atoms with van der Waals surface area (Å²) in [5.41, 5.74) is 0.0749. The highest BCUT2D eigenvalue weighted by molar-refractivity contribution is 6.31. The number of aryl methyl sites for hydroxylation is 1. The predicted molar refractivity (Wildman–Crippen MR) is 128 cm³/mol. The van der Waals surface area contributed by atoms with Gasteiger partial charge in [-0.25, -0.2) is 0 Å². The van der Waals surface area contributed by atoms with Gasteiger partial charge in [0.15, 0.2) is 5.82 Å². The lowest BCUT2D eigenvalue weighted by Gasteiger charge is -2.37. The maximum atomic E-state index is 13.4. The van der Waals surface area contributed by atoms with Crippen LogP contribution in [0.2, 0.25) is 5.02 Å². The van der Waals surface area contributed by atoms with Crippen molar-refractivity contribution in [3.8, 4) is 0 Å². The monoisotopic (exact) mass is 476 g/mol. The van der Waals surface area contributed by atoms with E-state index in [-0.39, 0.29) is 36.6 Å². The molecule has 0 radical (unpaired) electrons. The molecule has 8 nitrogen and oxygen atoms in total. The molecule has 2 aromatic rings. The Balaban J connectivity index is 2.26. The van der Waals surface area contributed by atoms with E-state index in [2.05, 4.69) is 15.8 Å². The van der Waals surface area contributed by atoms with E-state index >= 15 is 0 Å². The molecule has 1 aromatic carbocycles. The molecule has 0 saturated carbocycles. The van der Waals surface area contributed by atoms with Crippen molar-refractivity contribution in [3.63, 3.8) is 0 Å². The molecule has 0 aliphatic heterocycles. The maximum Gasteiger partial charge on any atom is 0.247 e. The molecule has 0 fully saturated rings. The fourth-order valence-electron chi connectivity index (χ4n) is 3.31. The largest absolute Gasteiger partial charge is 0.360 e. The van der Waals surface area contributed by atoms with E-state index in [1.54, 1.807) is 37.3 Å². The molecule has 180 valence electrons. The summed E-state index contributed by atoms with van der Waals surface area (Å²) in [4.78, 5) is 40.5. The first kappa shape index (κ1) is 26.4. The molecule has 0 spiro atoms. The number of halogens is 1. The minimum Gasteiger partial charge on any atom is -0.360 e. The summed E-state index contributed by atoms with van der Waals surface area (Å²) < 4.78 is 4.93. The summed E-state index contributed by atoms with van der Waals surface area (Å²) in [5, 5.41) is 9.75. The zero-order chi connectivity index (χ0) is 24.8. The first-order valence-electron chi connectivity index (χ1n) is 11.1. The van der Waals surface area contributed by atoms with Crippen molar-refractivity contribution in [2.24, 2.45) is 0 Å². The SMILES string of the molecule is CCC(C)(C)NC(=O)C(c1ccccc1Cl)N(C(=O)CCC(=O)Nc1cc(C)on1)C(C)C. The quantitative estimate of drug-likeness (QED) is 0.519. The van der Waals surface area contributed by atoms with Gasteiger partial charge in [-0.1, -0.05) is 41.9 Å². The van der Waals surface area contributed by atoms with E-state index in [4.69, 9.17) is 16.1 Å². The Morgan fingerprint density at radius 2 is 1.85 bits per heavy atom. The molecular formula is C24H33ClN4O4. The lowest BCUT2D eigenvalue weighted by Crippen LogP contribution is -2.52. The molecule has 0 bridgehead atoms. The van der Waals surface area contributed by atoms with Crippen LogP contribution in [-0.4, -0.2) is 39.4 Å². The Kier molecular flexibility index (Phi) is 9.05. The molecule has 2 N–H and O–H groups in total. The molecule has 33 heavy (non-hydrogen) atoms. The number of carbonyl (C=O) groups excluding carboxylic acids is 3. The fourth-order valence-corrected chi connectivity index (χ4v) is 3.55. The third-order valence-electron chi connectivity index (χ3n) is 5.38. The van der Waals surface area contributed by atoms with E-state index < -0.39 is 11.6 Å². The highest BCUT2D eigenvalue weighted by Crippen LogP contribution is 2.31. The number of benzene rings is 1. The van der Waals surface area contributed by atoms with E-state index in [0.29, 0.717) is 28.6 Å². The van der Waals surface area contributed by atoms with Crippen LogP contribution >= 0.6 is 11.6 Å². The predicted octanol–water partition coefficient (Wildman–Crippen LogP) is 4.64. The Morgan fingerprint density at radius 3 is 2.39 bits per heavy atom. The number of hydrogen-bond acceptors (Lipinski definition) is 5. The molecule has 2 rings (SSSR count). The first-order chi connectivity index (χ1) is 15.4. The highest BCUT2D eigenvalue weighted by Gasteiger charge is 2.36. The van der Waals surface area contributed by atoms with Gasteiger partial charge in [-0.05, 0) is 47.1 Å². The summed E-state index contributed by atoms with van der Waals surface area (Å²) in [6.45, 7) is 11.2. The summed E-state index contributed by atoms with van der Waals surface area (Å²) in [7, 11) is 0. The second kappa shape index (κ2) is 11.3. The number of aromatic nitrogens is 1. The lowest BCUT2D eigenvalue weighted by molar-refractivity contribution is -0.144. The van der Waals surface area contributed by atoms with Crippen molar-refractivity contribution in [2.45, 2.75) is 78.4 Å². The Bertz CT molecular complexity index is 986. The third kappa shape index (κ3) is 7.32. The van der Waals surface area contributed by atoms with Gasteiger partial charge in [0.2, 0.25) is 17.7 Å². The van der Waals surface area contributed by atoms with Crippen molar-refractivity contribution in [1.82, 2.24) is 15.4 Å². The van der Waals surface area contributed by atoms with Crippen LogP contribution < -0.4 is 10.6 Å². The molecule has 0 aliphatic rings. The summed E-state index contributed by atoms with van der Waals surface area (Å²) in [6.07, 6.45) is 0.572. The minimum atomic E-state index is -0.932. The van der Waals surface area contributed by atoms with Crippen LogP contribution in [0.4, 0.5) is 5.82 Å². The van der Waals surface area contributed by atoms with Gasteiger partial charge in [0.05, 0.1) is 0 Å². The van der Waals surface area contributed by atoms with E-state index in [1.807, 2.05) is 34.6 Å². The number of rotatable bonds is 10. The number of anilines is 1. The van der Waals surface area contributed by atoms with Gasteiger partial charge in [0, 0.05) is 41.1 Å². The lowest BCUT2D eigenvalue weighted by atomic mass is 9.97. The second-order valence-corrected chi connectivity index (χ2v) is 9.32. The van der Waals surface area contributed by atoms with Crippen LogP contribution in [0.5, 0.6) is 0 Å². The molecule has 1 atom stereocenters. The van der Waals surface area contributed by atoms with Crippen molar-refractivity contribution in [2.75, 3.05) is 5.32 Å². The number of hydrogen-bond donors (Lipinski definition) is 2. The Morgan fingerprint density at radius 1 is 1.18 bits per heavy atom. The van der Waals surface area contributed by atoms with Gasteiger partial charge in [0.25, 0.3) is 0 Å². The van der Waals surface area contributed by atoms with Crippen molar-refractivity contribution < 1.29 is 18.9 Å². The van der Waals surface area contributed by atoms with E-state index in [9.17, 15) is 14.4 Å². The summed E-state index contributed by atoms with van der Waals surface area (Å²) in [5.74, 6) is -0.159. The maximum absolute atomic E-state index is 13.4. The van der Waals surface area contributed by atoms with Crippen LogP contribution in [0.3, 0.4) is 0 Å². The van der Waals surface area contributed by atoms with Crippen LogP contribution in [0.15, 0.2) is 34.9 Å². The molecule has 1 heterocycles. The summed E-state index contributed by atoms with van der Waals surface area (Å²) in [6, 6.07) is 7.34. The second-order valence-electron chi connectivity index (χ2n) is 8.92. The molecule has 1 unspecified atom stereocenters. The Labute approximate surface area is 200 Å². The molecular weight excluding hydrogens is 444 g/mol. The first-order valence-corrected chi connectivity index (χ1v) is 11.4. The standard InChI is InChI=1S/C24H33ClN4O4/c1-7-24(5,6)27-23(32)22(17-10-8-9-11-18(17)25)29(15(2)3)21(31)13-12-20(30)26-19-14-16(4)33-28-19/h8-11,14-15,22H,7,12-13H2,1-6H3,(H,27,32)(H,26,28,30). The van der Waals surface area contributed by atoms with Crippen molar-refractivity contribution >= 4 is 35.1 Å². The van der Waals surface area contributed by atoms with Gasteiger partial charge >= 0.3 is 0 Å². The fraction of sp³-hybridized carbons (Fsp3) is 0.500. The van der Waals surface area contributed by atoms with Gasteiger partial charge in [-0.3, -0.25) is 14.4 Å². The van der Waals surface area contributed by atoms with Crippen LogP contribution in [0.25, 0.3) is 0 Å². The topological polar surface area (TPSA) is 105 Å². The zero-order valence-electron chi connectivity index (χ0n) is 20.1. The third-order valence-corrected chi connectivity index (χ3v) is 5.72. The van der Waals surface area contributed by atoms with Gasteiger partial charge in [-0.15, -0.1) is 0 Å². The molecule has 0 saturated heterocycles. The molecule has 0 aliphatic carbocycles. The number of amides is 3. The van der Waals surface area contributed by atoms with Crippen LogP contribution in [-0.2, 0) is 14.4 Å². The van der Waals surface area contributed by atoms with Gasteiger partial charge < -0.3 is 20.1 Å². The average molecular weight is 477 g/mol. The summed E-state index contributed by atoms with van der Waals surface area (Å²) >= 11 is 6.44. The minimum absolute atomic E-state index is 0.0642. The zero-order valence-corrected chi connectivity index (χ0v) is 20.8. The molecule has 9 heteroatoms. The highest BCUT2D eigenvalue weighted by atomic mass is 35.5. The average Bonchev–Trinajstić information content (AvgIpc) is 3.14. The van der Waals surface area contributed by atoms with Crippen molar-refractivity contribution in [3.05, 3.63) is 46.7 Å².